The quantitative estimate of drug-likeness (QED) is 0.807. The lowest BCUT2D eigenvalue weighted by molar-refractivity contribution is 0.00578. The minimum Gasteiger partial charge on any atom is -0.399 e. The second-order valence-corrected chi connectivity index (χ2v) is 6.17. The van der Waals surface area contributed by atoms with Gasteiger partial charge in [0.2, 0.25) is 0 Å². The highest BCUT2D eigenvalue weighted by Crippen LogP contribution is 2.37. The Morgan fingerprint density at radius 1 is 1.10 bits per heavy atom. The number of fused-ring (bicyclic) bond motifs is 1. The zero-order valence-corrected chi connectivity index (χ0v) is 12.2. The van der Waals surface area contributed by atoms with Crippen LogP contribution in [0.1, 0.15) is 33.3 Å². The molecule has 1 saturated heterocycles. The van der Waals surface area contributed by atoms with Crippen molar-refractivity contribution in [2.75, 3.05) is 0 Å². The third-order valence-corrected chi connectivity index (χ3v) is 4.39. The highest BCUT2D eigenvalue weighted by molar-refractivity contribution is 6.66. The highest BCUT2D eigenvalue weighted by atomic mass is 16.7. The standard InChI is InChI=1S/C15H17BN2O2/c1-14(2)15(3,4)20-16(19-14)13-10(9-17)5-6-12-11(13)7-8-18-12/h5-8,18H,1-4H3. The van der Waals surface area contributed by atoms with Crippen molar-refractivity contribution >= 4 is 23.5 Å². The van der Waals surface area contributed by atoms with E-state index in [0.717, 1.165) is 16.4 Å². The van der Waals surface area contributed by atoms with E-state index in [-0.39, 0.29) is 0 Å². The average Bonchev–Trinajstić information content (AvgIpc) is 2.90. The molecule has 3 rings (SSSR count). The van der Waals surface area contributed by atoms with Gasteiger partial charge in [0.25, 0.3) is 0 Å². The van der Waals surface area contributed by atoms with Gasteiger partial charge in [-0.2, -0.15) is 5.26 Å². The second kappa shape index (κ2) is 4.11. The van der Waals surface area contributed by atoms with E-state index in [9.17, 15) is 5.26 Å². The summed E-state index contributed by atoms with van der Waals surface area (Å²) in [5.41, 5.74) is 1.56. The van der Waals surface area contributed by atoms with Gasteiger partial charge in [-0.05, 0) is 45.9 Å². The average molecular weight is 268 g/mol. The van der Waals surface area contributed by atoms with Crippen molar-refractivity contribution < 1.29 is 9.31 Å². The van der Waals surface area contributed by atoms with E-state index in [1.807, 2.05) is 46.0 Å². The molecular weight excluding hydrogens is 251 g/mol. The molecule has 102 valence electrons. The van der Waals surface area contributed by atoms with E-state index in [1.54, 1.807) is 6.07 Å². The maximum Gasteiger partial charge on any atom is 0.496 e. The van der Waals surface area contributed by atoms with Crippen LogP contribution in [0.25, 0.3) is 10.9 Å². The van der Waals surface area contributed by atoms with Gasteiger partial charge in [-0.1, -0.05) is 0 Å². The molecular formula is C15H17BN2O2. The summed E-state index contributed by atoms with van der Waals surface area (Å²) in [6, 6.07) is 7.90. The smallest absolute Gasteiger partial charge is 0.399 e. The fourth-order valence-corrected chi connectivity index (χ4v) is 2.47. The molecule has 0 spiro atoms. The number of nitrogens with zero attached hydrogens (tertiary/aromatic N) is 1. The SMILES string of the molecule is CC1(C)OB(c2c(C#N)ccc3[nH]ccc23)OC1(C)C. The van der Waals surface area contributed by atoms with Crippen LogP contribution in [0.15, 0.2) is 24.4 Å². The van der Waals surface area contributed by atoms with E-state index >= 15 is 0 Å². The first-order chi connectivity index (χ1) is 9.36. The largest absolute Gasteiger partial charge is 0.496 e. The molecule has 1 aliphatic heterocycles. The normalized spacial score (nSPS) is 20.2. The summed E-state index contributed by atoms with van der Waals surface area (Å²) >= 11 is 0. The fraction of sp³-hybridized carbons (Fsp3) is 0.400. The van der Waals surface area contributed by atoms with Gasteiger partial charge in [0.05, 0.1) is 22.8 Å². The van der Waals surface area contributed by atoms with Gasteiger partial charge in [-0.3, -0.25) is 0 Å². The zero-order chi connectivity index (χ0) is 14.5. The Labute approximate surface area is 118 Å². The number of aromatic amines is 1. The number of nitriles is 1. The number of benzene rings is 1. The minimum absolute atomic E-state index is 0.414. The molecule has 1 N–H and O–H groups in total. The first-order valence-electron chi connectivity index (χ1n) is 6.71. The van der Waals surface area contributed by atoms with Gasteiger partial charge < -0.3 is 14.3 Å². The Morgan fingerprint density at radius 3 is 2.35 bits per heavy atom. The highest BCUT2D eigenvalue weighted by Gasteiger charge is 2.52. The van der Waals surface area contributed by atoms with Crippen molar-refractivity contribution in [3.05, 3.63) is 30.0 Å². The molecule has 0 bridgehead atoms. The van der Waals surface area contributed by atoms with E-state index in [4.69, 9.17) is 9.31 Å². The number of aromatic nitrogens is 1. The van der Waals surface area contributed by atoms with Crippen molar-refractivity contribution in [3.63, 3.8) is 0 Å². The maximum atomic E-state index is 9.36. The summed E-state index contributed by atoms with van der Waals surface area (Å²) in [5.74, 6) is 0. The molecule has 1 aromatic carbocycles. The van der Waals surface area contributed by atoms with Crippen LogP contribution in [-0.2, 0) is 9.31 Å². The molecule has 0 unspecified atom stereocenters. The molecule has 0 aliphatic carbocycles. The fourth-order valence-electron chi connectivity index (χ4n) is 2.47. The van der Waals surface area contributed by atoms with Gasteiger partial charge in [-0.15, -0.1) is 0 Å². The molecule has 0 amide bonds. The number of hydrogen-bond acceptors (Lipinski definition) is 3. The molecule has 1 aliphatic rings. The third-order valence-electron chi connectivity index (χ3n) is 4.39. The van der Waals surface area contributed by atoms with Crippen LogP contribution in [-0.4, -0.2) is 23.3 Å². The second-order valence-electron chi connectivity index (χ2n) is 6.17. The molecule has 20 heavy (non-hydrogen) atoms. The summed E-state index contributed by atoms with van der Waals surface area (Å²) in [6.45, 7) is 8.04. The van der Waals surface area contributed by atoms with Gasteiger partial charge in [0, 0.05) is 22.6 Å². The van der Waals surface area contributed by atoms with Crippen molar-refractivity contribution in [1.82, 2.24) is 4.98 Å². The summed E-state index contributed by atoms with van der Waals surface area (Å²) in [5, 5.41) is 10.3. The summed E-state index contributed by atoms with van der Waals surface area (Å²) in [6.07, 6.45) is 1.86. The van der Waals surface area contributed by atoms with Crippen LogP contribution in [0, 0.1) is 11.3 Å². The molecule has 1 fully saturated rings. The number of H-pyrrole nitrogens is 1. The lowest BCUT2D eigenvalue weighted by Gasteiger charge is -2.32. The predicted molar refractivity (Wildman–Crippen MR) is 78.7 cm³/mol. The molecule has 2 aromatic rings. The topological polar surface area (TPSA) is 58.0 Å². The molecule has 4 nitrogen and oxygen atoms in total. The van der Waals surface area contributed by atoms with Crippen molar-refractivity contribution in [2.45, 2.75) is 38.9 Å². The van der Waals surface area contributed by atoms with Crippen molar-refractivity contribution in [2.24, 2.45) is 0 Å². The first-order valence-corrected chi connectivity index (χ1v) is 6.71. The van der Waals surface area contributed by atoms with E-state index in [0.29, 0.717) is 5.56 Å². The van der Waals surface area contributed by atoms with Crippen LogP contribution < -0.4 is 5.46 Å². The molecule has 5 heteroatoms. The molecule has 0 radical (unpaired) electrons. The minimum atomic E-state index is -0.519. The van der Waals surface area contributed by atoms with Gasteiger partial charge in [-0.25, -0.2) is 0 Å². The molecule has 2 heterocycles. The van der Waals surface area contributed by atoms with Crippen LogP contribution in [0.5, 0.6) is 0 Å². The molecule has 0 atom stereocenters. The zero-order valence-electron chi connectivity index (χ0n) is 12.2. The maximum absolute atomic E-state index is 9.36. The number of nitrogens with one attached hydrogen (secondary N) is 1. The van der Waals surface area contributed by atoms with Gasteiger partial charge >= 0.3 is 7.12 Å². The Morgan fingerprint density at radius 2 is 1.75 bits per heavy atom. The monoisotopic (exact) mass is 268 g/mol. The van der Waals surface area contributed by atoms with Crippen LogP contribution in [0.2, 0.25) is 0 Å². The lowest BCUT2D eigenvalue weighted by Crippen LogP contribution is -2.41. The van der Waals surface area contributed by atoms with Crippen LogP contribution in [0.4, 0.5) is 0 Å². The van der Waals surface area contributed by atoms with Crippen molar-refractivity contribution in [1.29, 1.82) is 5.26 Å². The Kier molecular flexibility index (Phi) is 2.72. The van der Waals surface area contributed by atoms with Crippen LogP contribution in [0.3, 0.4) is 0 Å². The number of rotatable bonds is 1. The van der Waals surface area contributed by atoms with E-state index in [1.165, 1.54) is 0 Å². The predicted octanol–water partition coefficient (Wildman–Crippen LogP) is 2.34. The van der Waals surface area contributed by atoms with E-state index < -0.39 is 18.3 Å². The molecule has 1 aromatic heterocycles. The first kappa shape index (κ1) is 13.2. The third kappa shape index (κ3) is 1.76. The lowest BCUT2D eigenvalue weighted by atomic mass is 9.74. The summed E-state index contributed by atoms with van der Waals surface area (Å²) < 4.78 is 12.2. The Hall–Kier alpha value is -1.77. The van der Waals surface area contributed by atoms with E-state index in [2.05, 4.69) is 11.1 Å². The molecule has 0 saturated carbocycles. The van der Waals surface area contributed by atoms with Gasteiger partial charge in [0.15, 0.2) is 0 Å². The van der Waals surface area contributed by atoms with Crippen LogP contribution >= 0.6 is 0 Å². The summed E-state index contributed by atoms with van der Waals surface area (Å²) in [4.78, 5) is 3.16. The number of hydrogen-bond donors (Lipinski definition) is 1. The Bertz CT molecular complexity index is 696. The Balaban J connectivity index is 2.16. The van der Waals surface area contributed by atoms with Crippen molar-refractivity contribution in [3.8, 4) is 6.07 Å². The summed E-state index contributed by atoms with van der Waals surface area (Å²) in [7, 11) is -0.519. The van der Waals surface area contributed by atoms with Gasteiger partial charge in [0.1, 0.15) is 0 Å².